The molecule has 1 N–H and O–H groups in total. The highest BCUT2D eigenvalue weighted by Gasteiger charge is 2.25. The SMILES string of the molecule is CN(CCn1c(=S)[nH]c2ccc(F)c(F)c21)C1CC1. The van der Waals surface area contributed by atoms with Gasteiger partial charge in [-0.15, -0.1) is 0 Å². The zero-order valence-electron chi connectivity index (χ0n) is 10.6. The zero-order chi connectivity index (χ0) is 13.6. The Morgan fingerprint density at radius 2 is 2.16 bits per heavy atom. The molecule has 0 bridgehead atoms. The van der Waals surface area contributed by atoms with Crippen LogP contribution in [0.1, 0.15) is 12.8 Å². The topological polar surface area (TPSA) is 24.0 Å². The third-order valence-electron chi connectivity index (χ3n) is 3.67. The van der Waals surface area contributed by atoms with Crippen molar-refractivity contribution in [3.8, 4) is 0 Å². The highest BCUT2D eigenvalue weighted by atomic mass is 32.1. The Morgan fingerprint density at radius 3 is 2.84 bits per heavy atom. The van der Waals surface area contributed by atoms with Crippen LogP contribution in [0.4, 0.5) is 8.78 Å². The van der Waals surface area contributed by atoms with E-state index in [1.165, 1.54) is 18.9 Å². The van der Waals surface area contributed by atoms with Gasteiger partial charge in [0.15, 0.2) is 16.4 Å². The van der Waals surface area contributed by atoms with Crippen LogP contribution in [0.3, 0.4) is 0 Å². The van der Waals surface area contributed by atoms with E-state index in [9.17, 15) is 8.78 Å². The summed E-state index contributed by atoms with van der Waals surface area (Å²) >= 11 is 5.19. The molecule has 1 aliphatic carbocycles. The molecular weight excluding hydrogens is 268 g/mol. The van der Waals surface area contributed by atoms with E-state index in [-0.39, 0.29) is 5.52 Å². The second-order valence-electron chi connectivity index (χ2n) is 5.05. The molecule has 1 aliphatic rings. The monoisotopic (exact) mass is 283 g/mol. The van der Waals surface area contributed by atoms with Crippen LogP contribution >= 0.6 is 12.2 Å². The largest absolute Gasteiger partial charge is 0.330 e. The van der Waals surface area contributed by atoms with Crippen molar-refractivity contribution in [1.82, 2.24) is 14.5 Å². The summed E-state index contributed by atoms with van der Waals surface area (Å²) in [6.45, 7) is 1.34. The first-order valence-corrected chi connectivity index (χ1v) is 6.75. The summed E-state index contributed by atoms with van der Waals surface area (Å²) in [6.07, 6.45) is 2.44. The number of aromatic amines is 1. The fraction of sp³-hybridized carbons (Fsp3) is 0.462. The fourth-order valence-electron chi connectivity index (χ4n) is 2.36. The summed E-state index contributed by atoms with van der Waals surface area (Å²) in [7, 11) is 2.05. The van der Waals surface area contributed by atoms with Crippen LogP contribution in [0, 0.1) is 16.4 Å². The number of halogens is 2. The maximum Gasteiger partial charge on any atom is 0.184 e. The average Bonchev–Trinajstić information content (AvgIpc) is 3.16. The van der Waals surface area contributed by atoms with Gasteiger partial charge in [-0.2, -0.15) is 0 Å². The van der Waals surface area contributed by atoms with Crippen molar-refractivity contribution in [2.45, 2.75) is 25.4 Å². The minimum Gasteiger partial charge on any atom is -0.330 e. The molecule has 0 spiro atoms. The first-order valence-electron chi connectivity index (χ1n) is 6.34. The van der Waals surface area contributed by atoms with Crippen molar-refractivity contribution >= 4 is 23.3 Å². The third kappa shape index (κ3) is 2.30. The molecule has 1 saturated carbocycles. The second-order valence-corrected chi connectivity index (χ2v) is 5.44. The number of hydrogen-bond donors (Lipinski definition) is 1. The van der Waals surface area contributed by atoms with Crippen molar-refractivity contribution in [2.75, 3.05) is 13.6 Å². The van der Waals surface area contributed by atoms with Gasteiger partial charge in [-0.1, -0.05) is 0 Å². The van der Waals surface area contributed by atoms with Gasteiger partial charge < -0.3 is 14.5 Å². The normalized spacial score (nSPS) is 15.6. The average molecular weight is 283 g/mol. The Kier molecular flexibility index (Phi) is 3.14. The molecule has 1 aromatic carbocycles. The first-order chi connectivity index (χ1) is 9.08. The van der Waals surface area contributed by atoms with E-state index in [4.69, 9.17) is 12.2 Å². The van der Waals surface area contributed by atoms with E-state index in [0.29, 0.717) is 22.9 Å². The molecular formula is C13H15F2N3S. The van der Waals surface area contributed by atoms with Crippen LogP contribution in [0.2, 0.25) is 0 Å². The zero-order valence-corrected chi connectivity index (χ0v) is 11.4. The Balaban J connectivity index is 1.95. The molecule has 1 heterocycles. The Bertz CT molecular complexity index is 672. The molecule has 2 aromatic rings. The molecule has 1 aromatic heterocycles. The first kappa shape index (κ1) is 12.7. The Hall–Kier alpha value is -1.27. The van der Waals surface area contributed by atoms with Gasteiger partial charge in [-0.25, -0.2) is 8.78 Å². The molecule has 0 aliphatic heterocycles. The number of likely N-dealkylation sites (N-methyl/N-ethyl adjacent to an activating group) is 1. The number of benzene rings is 1. The van der Waals surface area contributed by atoms with Crippen LogP contribution in [0.15, 0.2) is 12.1 Å². The number of aromatic nitrogens is 2. The van der Waals surface area contributed by atoms with E-state index in [1.54, 1.807) is 4.57 Å². The summed E-state index contributed by atoms with van der Waals surface area (Å²) in [5, 5.41) is 0. The van der Waals surface area contributed by atoms with E-state index >= 15 is 0 Å². The lowest BCUT2D eigenvalue weighted by molar-refractivity contribution is 0.309. The molecule has 0 amide bonds. The smallest absolute Gasteiger partial charge is 0.184 e. The summed E-state index contributed by atoms with van der Waals surface area (Å²) in [4.78, 5) is 5.15. The van der Waals surface area contributed by atoms with Crippen molar-refractivity contribution in [2.24, 2.45) is 0 Å². The van der Waals surface area contributed by atoms with Gasteiger partial charge in [-0.05, 0) is 44.2 Å². The molecule has 6 heteroatoms. The maximum absolute atomic E-state index is 13.9. The van der Waals surface area contributed by atoms with Gasteiger partial charge in [0.2, 0.25) is 0 Å². The van der Waals surface area contributed by atoms with Crippen molar-refractivity contribution in [1.29, 1.82) is 0 Å². The number of fused-ring (bicyclic) bond motifs is 1. The van der Waals surface area contributed by atoms with Crippen LogP contribution in [-0.4, -0.2) is 34.1 Å². The number of imidazole rings is 1. The van der Waals surface area contributed by atoms with Crippen LogP contribution in [0.5, 0.6) is 0 Å². The third-order valence-corrected chi connectivity index (χ3v) is 3.99. The lowest BCUT2D eigenvalue weighted by Crippen LogP contribution is -2.25. The van der Waals surface area contributed by atoms with Gasteiger partial charge in [0.05, 0.1) is 5.52 Å². The number of rotatable bonds is 4. The number of nitrogens with one attached hydrogen (secondary N) is 1. The Morgan fingerprint density at radius 1 is 1.42 bits per heavy atom. The predicted molar refractivity (Wildman–Crippen MR) is 72.7 cm³/mol. The summed E-state index contributed by atoms with van der Waals surface area (Å²) < 4.78 is 29.3. The van der Waals surface area contributed by atoms with Crippen LogP contribution in [-0.2, 0) is 6.54 Å². The van der Waals surface area contributed by atoms with Gasteiger partial charge in [0, 0.05) is 19.1 Å². The van der Waals surface area contributed by atoms with E-state index < -0.39 is 11.6 Å². The molecule has 0 saturated heterocycles. The van der Waals surface area contributed by atoms with Crippen molar-refractivity contribution < 1.29 is 8.78 Å². The molecule has 1 fully saturated rings. The van der Waals surface area contributed by atoms with Gasteiger partial charge in [0.1, 0.15) is 5.52 Å². The quantitative estimate of drug-likeness (QED) is 0.872. The standard InChI is InChI=1S/C13H15F2N3S/c1-17(8-2-3-8)6-7-18-12-10(16-13(18)19)5-4-9(14)11(12)15/h4-5,8H,2-3,6-7H2,1H3,(H,16,19). The summed E-state index contributed by atoms with van der Waals surface area (Å²) in [5.74, 6) is -1.68. The fourth-order valence-corrected chi connectivity index (χ4v) is 2.65. The lowest BCUT2D eigenvalue weighted by Gasteiger charge is -2.16. The molecule has 3 nitrogen and oxygen atoms in total. The molecule has 0 atom stereocenters. The number of hydrogen-bond acceptors (Lipinski definition) is 2. The highest BCUT2D eigenvalue weighted by molar-refractivity contribution is 7.71. The summed E-state index contributed by atoms with van der Waals surface area (Å²) in [5.41, 5.74) is 0.771. The predicted octanol–water partition coefficient (Wildman–Crippen LogP) is 3.07. The van der Waals surface area contributed by atoms with Crippen molar-refractivity contribution in [3.05, 3.63) is 28.5 Å². The molecule has 3 rings (SSSR count). The maximum atomic E-state index is 13.9. The van der Waals surface area contributed by atoms with Gasteiger partial charge in [0.25, 0.3) is 0 Å². The minimum atomic E-state index is -0.842. The second kappa shape index (κ2) is 4.68. The van der Waals surface area contributed by atoms with Crippen molar-refractivity contribution in [3.63, 3.8) is 0 Å². The van der Waals surface area contributed by atoms with E-state index in [1.807, 2.05) is 7.05 Å². The van der Waals surface area contributed by atoms with E-state index in [0.717, 1.165) is 12.6 Å². The van der Waals surface area contributed by atoms with Crippen LogP contribution < -0.4 is 0 Å². The van der Waals surface area contributed by atoms with Gasteiger partial charge in [-0.3, -0.25) is 0 Å². The summed E-state index contributed by atoms with van der Waals surface area (Å²) in [6, 6.07) is 3.27. The number of H-pyrrole nitrogens is 1. The molecule has 0 unspecified atom stereocenters. The van der Waals surface area contributed by atoms with Crippen LogP contribution in [0.25, 0.3) is 11.0 Å². The van der Waals surface area contributed by atoms with Gasteiger partial charge >= 0.3 is 0 Å². The highest BCUT2D eigenvalue weighted by Crippen LogP contribution is 2.25. The van der Waals surface area contributed by atoms with E-state index in [2.05, 4.69) is 9.88 Å². The molecule has 102 valence electrons. The lowest BCUT2D eigenvalue weighted by atomic mass is 10.3. The number of nitrogens with zero attached hydrogens (tertiary/aromatic N) is 2. The molecule has 0 radical (unpaired) electrons. The molecule has 19 heavy (non-hydrogen) atoms. The Labute approximate surface area is 114 Å². The minimum absolute atomic E-state index is 0.231.